The van der Waals surface area contributed by atoms with Crippen LogP contribution in [0.25, 0.3) is 0 Å². The summed E-state index contributed by atoms with van der Waals surface area (Å²) in [4.78, 5) is 5.78. The van der Waals surface area contributed by atoms with Crippen molar-refractivity contribution in [2.45, 2.75) is 4.83 Å². The molecule has 11 heavy (non-hydrogen) atoms. The fourth-order valence-electron chi connectivity index (χ4n) is 0.276. The zero-order chi connectivity index (χ0) is 8.91. The Bertz CT molecular complexity index is 164. The third kappa shape index (κ3) is 4.83. The summed E-state index contributed by atoms with van der Waals surface area (Å²) in [5.41, 5.74) is 0. The van der Waals surface area contributed by atoms with E-state index in [0.717, 1.165) is 0 Å². The van der Waals surface area contributed by atoms with Gasteiger partial charge in [-0.05, 0) is 22.0 Å². The Hall–Kier alpha value is -0.520. The third-order valence-electron chi connectivity index (χ3n) is 0.698. The van der Waals surface area contributed by atoms with Gasteiger partial charge in [0.05, 0.1) is 0 Å². The second-order valence-corrected chi connectivity index (χ2v) is 2.48. The highest BCUT2D eigenvalue weighted by Gasteiger charge is 2.30. The van der Waals surface area contributed by atoms with Crippen LogP contribution in [0.15, 0.2) is 11.9 Å². The first kappa shape index (κ1) is 10.5. The van der Waals surface area contributed by atoms with Crippen LogP contribution in [-0.4, -0.2) is 17.9 Å². The topological polar surface area (TPSA) is 26.3 Å². The highest BCUT2D eigenvalue weighted by atomic mass is 79.9. The van der Waals surface area contributed by atoms with Crippen LogP contribution in [0.1, 0.15) is 0 Å². The molecule has 0 bridgehead atoms. The molecule has 0 atom stereocenters. The van der Waals surface area contributed by atoms with Crippen LogP contribution in [0.4, 0.5) is 13.2 Å². The van der Waals surface area contributed by atoms with Crippen molar-refractivity contribution in [3.63, 3.8) is 0 Å². The molecular weight excluding hydrogens is 229 g/mol. The van der Waals surface area contributed by atoms with Gasteiger partial charge in [0.25, 0.3) is 6.47 Å². The molecule has 0 radical (unpaired) electrons. The second-order valence-electron chi connectivity index (χ2n) is 1.48. The van der Waals surface area contributed by atoms with Crippen molar-refractivity contribution < 1.29 is 22.7 Å². The van der Waals surface area contributed by atoms with Crippen LogP contribution in [0, 0.1) is 0 Å². The molecule has 0 N–H and O–H groups in total. The molecule has 0 saturated heterocycles. The summed E-state index contributed by atoms with van der Waals surface area (Å²) in [6.45, 7) is -0.466. The molecule has 0 fully saturated rings. The normalized spacial score (nSPS) is 12.9. The van der Waals surface area contributed by atoms with Crippen LogP contribution in [0.3, 0.4) is 0 Å². The molecule has 0 amide bonds. The van der Waals surface area contributed by atoms with Gasteiger partial charge in [0.2, 0.25) is 0 Å². The molecule has 0 aliphatic heterocycles. The van der Waals surface area contributed by atoms with Gasteiger partial charge in [0.15, 0.2) is 5.83 Å². The Morgan fingerprint density at radius 1 is 1.64 bits per heavy atom. The molecule has 0 aliphatic carbocycles. The highest BCUT2D eigenvalue weighted by molar-refractivity contribution is 9.10. The summed E-state index contributed by atoms with van der Waals surface area (Å²) in [7, 11) is 0. The van der Waals surface area contributed by atoms with Gasteiger partial charge < -0.3 is 4.74 Å². The number of halogens is 4. The number of alkyl halides is 3. The predicted octanol–water partition coefficient (Wildman–Crippen LogP) is 2.00. The summed E-state index contributed by atoms with van der Waals surface area (Å²) >= 11 is 1.78. The van der Waals surface area contributed by atoms with E-state index in [1.807, 2.05) is 0 Å². The minimum Gasteiger partial charge on any atom is -0.464 e. The average molecular weight is 233 g/mol. The third-order valence-corrected chi connectivity index (χ3v) is 1.08. The number of hydrogen-bond donors (Lipinski definition) is 0. The van der Waals surface area contributed by atoms with Gasteiger partial charge in [0, 0.05) is 0 Å². The number of carbonyl (C=O) groups is 1. The molecule has 0 aromatic rings. The number of ether oxygens (including phenoxy) is 1. The van der Waals surface area contributed by atoms with E-state index in [2.05, 4.69) is 4.74 Å². The molecule has 0 heterocycles. The van der Waals surface area contributed by atoms with Crippen molar-refractivity contribution in [2.75, 3.05) is 6.61 Å². The van der Waals surface area contributed by atoms with Gasteiger partial charge in [-0.2, -0.15) is 8.78 Å². The zero-order valence-corrected chi connectivity index (χ0v) is 6.78. The van der Waals surface area contributed by atoms with Crippen molar-refractivity contribution in [3.8, 4) is 0 Å². The highest BCUT2D eigenvalue weighted by Crippen LogP contribution is 2.31. The van der Waals surface area contributed by atoms with E-state index in [1.165, 1.54) is 0 Å². The minimum atomic E-state index is -3.68. The minimum absolute atomic E-state index is 0.0379. The summed E-state index contributed by atoms with van der Waals surface area (Å²) in [6.07, 6.45) is 0.461. The summed E-state index contributed by atoms with van der Waals surface area (Å²) in [6, 6.07) is 0. The van der Waals surface area contributed by atoms with Crippen LogP contribution in [0.2, 0.25) is 0 Å². The van der Waals surface area contributed by atoms with Crippen LogP contribution in [-0.2, 0) is 9.53 Å². The lowest BCUT2D eigenvalue weighted by Gasteiger charge is -2.03. The molecule has 0 unspecified atom stereocenters. The SMILES string of the molecule is O=COC/C=C(\F)C(F)(F)Br. The molecule has 0 rings (SSSR count). The monoisotopic (exact) mass is 232 g/mol. The molecule has 6 heteroatoms. The van der Waals surface area contributed by atoms with Gasteiger partial charge in [-0.15, -0.1) is 0 Å². The lowest BCUT2D eigenvalue weighted by atomic mass is 10.5. The lowest BCUT2D eigenvalue weighted by molar-refractivity contribution is -0.127. The van der Waals surface area contributed by atoms with Crippen molar-refractivity contribution >= 4 is 22.4 Å². The van der Waals surface area contributed by atoms with Crippen molar-refractivity contribution in [1.82, 2.24) is 0 Å². The Labute approximate surface area is 69.1 Å². The van der Waals surface area contributed by atoms with Crippen molar-refractivity contribution in [3.05, 3.63) is 11.9 Å². The van der Waals surface area contributed by atoms with E-state index in [-0.39, 0.29) is 6.47 Å². The molecule has 0 saturated carbocycles. The fourth-order valence-corrected chi connectivity index (χ4v) is 0.438. The lowest BCUT2D eigenvalue weighted by Crippen LogP contribution is -2.06. The standard InChI is InChI=1S/C5H4BrF3O2/c6-5(8,9)4(7)1-2-11-3-10/h1,3H,2H2/b4-1-. The molecule has 0 spiro atoms. The maximum absolute atomic E-state index is 12.1. The van der Waals surface area contributed by atoms with Crippen LogP contribution in [0.5, 0.6) is 0 Å². The van der Waals surface area contributed by atoms with E-state index in [0.29, 0.717) is 6.08 Å². The van der Waals surface area contributed by atoms with Gasteiger partial charge in [-0.25, -0.2) is 4.39 Å². The summed E-state index contributed by atoms with van der Waals surface area (Å²) in [5.74, 6) is -1.68. The Kier molecular flexibility index (Phi) is 4.17. The van der Waals surface area contributed by atoms with Crippen molar-refractivity contribution in [1.29, 1.82) is 0 Å². The van der Waals surface area contributed by atoms with Crippen molar-refractivity contribution in [2.24, 2.45) is 0 Å². The van der Waals surface area contributed by atoms with Gasteiger partial charge in [0.1, 0.15) is 6.61 Å². The average Bonchev–Trinajstić information content (AvgIpc) is 1.86. The van der Waals surface area contributed by atoms with Gasteiger partial charge in [-0.3, -0.25) is 4.79 Å². The van der Waals surface area contributed by atoms with Gasteiger partial charge >= 0.3 is 4.83 Å². The molecule has 2 nitrogen and oxygen atoms in total. The molecule has 64 valence electrons. The summed E-state index contributed by atoms with van der Waals surface area (Å²) < 4.78 is 39.8. The maximum Gasteiger partial charge on any atom is 0.351 e. The quantitative estimate of drug-likeness (QED) is 0.421. The zero-order valence-electron chi connectivity index (χ0n) is 5.19. The number of allylic oxidation sites excluding steroid dienone is 1. The molecule has 0 aromatic carbocycles. The first-order chi connectivity index (χ1) is 4.98. The maximum atomic E-state index is 12.1. The number of carbonyl (C=O) groups excluding carboxylic acids is 1. The van der Waals surface area contributed by atoms with Gasteiger partial charge in [-0.1, -0.05) is 0 Å². The fraction of sp³-hybridized carbons (Fsp3) is 0.400. The van der Waals surface area contributed by atoms with E-state index < -0.39 is 17.3 Å². The molecule has 0 aromatic heterocycles. The smallest absolute Gasteiger partial charge is 0.351 e. The number of hydrogen-bond acceptors (Lipinski definition) is 2. The number of rotatable bonds is 4. The largest absolute Gasteiger partial charge is 0.464 e. The van der Waals surface area contributed by atoms with E-state index >= 15 is 0 Å². The first-order valence-corrected chi connectivity index (χ1v) is 3.26. The van der Waals surface area contributed by atoms with E-state index in [1.54, 1.807) is 15.9 Å². The van der Waals surface area contributed by atoms with Crippen LogP contribution < -0.4 is 0 Å². The Balaban J connectivity index is 3.90. The van der Waals surface area contributed by atoms with E-state index in [9.17, 15) is 18.0 Å². The Morgan fingerprint density at radius 2 is 2.18 bits per heavy atom. The summed E-state index contributed by atoms with van der Waals surface area (Å²) in [5, 5.41) is 0. The molecule has 0 aliphatic rings. The van der Waals surface area contributed by atoms with E-state index in [4.69, 9.17) is 0 Å². The first-order valence-electron chi connectivity index (χ1n) is 2.46. The Morgan fingerprint density at radius 3 is 2.55 bits per heavy atom. The second kappa shape index (κ2) is 4.38. The molecular formula is C5H4BrF3O2. The van der Waals surface area contributed by atoms with Crippen LogP contribution >= 0.6 is 15.9 Å². The predicted molar refractivity (Wildman–Crippen MR) is 35.1 cm³/mol.